The van der Waals surface area contributed by atoms with Gasteiger partial charge in [-0.25, -0.2) is 4.98 Å². The van der Waals surface area contributed by atoms with Gasteiger partial charge in [-0.2, -0.15) is 0 Å². The van der Waals surface area contributed by atoms with Gasteiger partial charge in [0.15, 0.2) is 0 Å². The monoisotopic (exact) mass is 273 g/mol. The van der Waals surface area contributed by atoms with Crippen molar-refractivity contribution in [2.45, 2.75) is 19.9 Å². The molecule has 0 bridgehead atoms. The van der Waals surface area contributed by atoms with Crippen LogP contribution in [0.2, 0.25) is 5.15 Å². The standard InChI is InChI=1S/C15H16ClN3/c1-3-11-5-4-6-12-7-8-19(15(11)12)10-14-17-9-13(16)18(14)2/h4-9H,3,10H2,1-2H3. The fourth-order valence-corrected chi connectivity index (χ4v) is 2.63. The van der Waals surface area contributed by atoms with Crippen LogP contribution in [0.3, 0.4) is 0 Å². The van der Waals surface area contributed by atoms with Gasteiger partial charge in [-0.15, -0.1) is 0 Å². The summed E-state index contributed by atoms with van der Waals surface area (Å²) in [6, 6.07) is 8.60. The minimum absolute atomic E-state index is 0.669. The zero-order valence-electron chi connectivity index (χ0n) is 11.1. The molecule has 0 radical (unpaired) electrons. The molecule has 2 aromatic heterocycles. The summed E-state index contributed by atoms with van der Waals surface area (Å²) in [6.45, 7) is 2.92. The maximum Gasteiger partial charge on any atom is 0.129 e. The maximum absolute atomic E-state index is 6.04. The van der Waals surface area contributed by atoms with Crippen molar-refractivity contribution < 1.29 is 0 Å². The van der Waals surface area contributed by atoms with Crippen LogP contribution in [-0.4, -0.2) is 14.1 Å². The van der Waals surface area contributed by atoms with E-state index in [0.717, 1.165) is 18.8 Å². The Bertz CT molecular complexity index is 724. The third-order valence-corrected chi connectivity index (χ3v) is 3.94. The van der Waals surface area contributed by atoms with E-state index in [4.69, 9.17) is 11.6 Å². The Morgan fingerprint density at radius 1 is 1.26 bits per heavy atom. The Morgan fingerprint density at radius 2 is 2.11 bits per heavy atom. The molecule has 0 unspecified atom stereocenters. The predicted molar refractivity (Wildman–Crippen MR) is 78.6 cm³/mol. The van der Waals surface area contributed by atoms with Crippen LogP contribution in [0.4, 0.5) is 0 Å². The van der Waals surface area contributed by atoms with E-state index >= 15 is 0 Å². The van der Waals surface area contributed by atoms with Crippen molar-refractivity contribution in [3.63, 3.8) is 0 Å². The van der Waals surface area contributed by atoms with Gasteiger partial charge in [0.25, 0.3) is 0 Å². The summed E-state index contributed by atoms with van der Waals surface area (Å²) in [5.41, 5.74) is 2.66. The molecule has 0 N–H and O–H groups in total. The fourth-order valence-electron chi connectivity index (χ4n) is 2.48. The van der Waals surface area contributed by atoms with Gasteiger partial charge in [0, 0.05) is 13.2 Å². The molecule has 1 aromatic carbocycles. The van der Waals surface area contributed by atoms with Crippen molar-refractivity contribution in [1.29, 1.82) is 0 Å². The summed E-state index contributed by atoms with van der Waals surface area (Å²) in [7, 11) is 1.94. The van der Waals surface area contributed by atoms with Gasteiger partial charge in [0.2, 0.25) is 0 Å². The van der Waals surface area contributed by atoms with Crippen LogP contribution >= 0.6 is 11.6 Å². The van der Waals surface area contributed by atoms with Gasteiger partial charge in [0.05, 0.1) is 18.3 Å². The van der Waals surface area contributed by atoms with Crippen molar-refractivity contribution in [2.24, 2.45) is 7.05 Å². The number of fused-ring (bicyclic) bond motifs is 1. The number of nitrogens with zero attached hydrogens (tertiary/aromatic N) is 3. The first kappa shape index (κ1) is 12.3. The highest BCUT2D eigenvalue weighted by Gasteiger charge is 2.09. The Morgan fingerprint density at radius 3 is 2.79 bits per heavy atom. The van der Waals surface area contributed by atoms with E-state index in [-0.39, 0.29) is 0 Å². The van der Waals surface area contributed by atoms with E-state index in [2.05, 4.69) is 46.9 Å². The van der Waals surface area contributed by atoms with Crippen LogP contribution in [0.25, 0.3) is 10.9 Å². The molecule has 0 aliphatic carbocycles. The second-order valence-electron chi connectivity index (χ2n) is 4.71. The summed E-state index contributed by atoms with van der Waals surface area (Å²) in [5, 5.41) is 1.95. The lowest BCUT2D eigenvalue weighted by Gasteiger charge is -2.09. The van der Waals surface area contributed by atoms with Crippen molar-refractivity contribution in [3.05, 3.63) is 53.2 Å². The molecule has 3 aromatic rings. The van der Waals surface area contributed by atoms with Crippen LogP contribution in [-0.2, 0) is 20.0 Å². The summed E-state index contributed by atoms with van der Waals surface area (Å²) in [6.07, 6.45) is 4.85. The molecule has 0 saturated carbocycles. The Labute approximate surface area is 117 Å². The highest BCUT2D eigenvalue weighted by Crippen LogP contribution is 2.22. The van der Waals surface area contributed by atoms with Gasteiger partial charge >= 0.3 is 0 Å². The summed E-state index contributed by atoms with van der Waals surface area (Å²) >= 11 is 6.04. The van der Waals surface area contributed by atoms with Crippen LogP contribution in [0.15, 0.2) is 36.7 Å². The average Bonchev–Trinajstić information content (AvgIpc) is 2.98. The van der Waals surface area contributed by atoms with Crippen molar-refractivity contribution in [2.75, 3.05) is 0 Å². The Balaban J connectivity index is 2.08. The Kier molecular flexibility index (Phi) is 3.07. The second-order valence-corrected chi connectivity index (χ2v) is 5.10. The van der Waals surface area contributed by atoms with Crippen molar-refractivity contribution in [1.82, 2.24) is 14.1 Å². The first-order chi connectivity index (χ1) is 9.20. The van der Waals surface area contributed by atoms with Gasteiger partial charge in [-0.1, -0.05) is 36.7 Å². The lowest BCUT2D eigenvalue weighted by molar-refractivity contribution is 0.717. The van der Waals surface area contributed by atoms with E-state index < -0.39 is 0 Å². The molecule has 4 heteroatoms. The number of rotatable bonds is 3. The first-order valence-corrected chi connectivity index (χ1v) is 6.81. The number of para-hydroxylation sites is 1. The molecule has 3 rings (SSSR count). The average molecular weight is 274 g/mol. The summed E-state index contributed by atoms with van der Waals surface area (Å²) in [5.74, 6) is 0.966. The number of hydrogen-bond acceptors (Lipinski definition) is 1. The molecular formula is C15H16ClN3. The fraction of sp³-hybridized carbons (Fsp3) is 0.267. The molecule has 0 saturated heterocycles. The SMILES string of the molecule is CCc1cccc2ccn(Cc3ncc(Cl)n3C)c12. The minimum Gasteiger partial charge on any atom is -0.340 e. The number of halogens is 1. The zero-order valence-corrected chi connectivity index (χ0v) is 11.9. The quantitative estimate of drug-likeness (QED) is 0.714. The second kappa shape index (κ2) is 4.74. The van der Waals surface area contributed by atoms with Crippen molar-refractivity contribution in [3.8, 4) is 0 Å². The molecule has 3 nitrogen and oxygen atoms in total. The molecule has 98 valence electrons. The van der Waals surface area contributed by atoms with E-state index in [9.17, 15) is 0 Å². The smallest absolute Gasteiger partial charge is 0.129 e. The topological polar surface area (TPSA) is 22.8 Å². The van der Waals surface area contributed by atoms with E-state index in [0.29, 0.717) is 5.15 Å². The van der Waals surface area contributed by atoms with Gasteiger partial charge in [-0.05, 0) is 23.4 Å². The molecule has 0 aliphatic heterocycles. The maximum atomic E-state index is 6.04. The number of benzene rings is 1. The third kappa shape index (κ3) is 2.04. The number of hydrogen-bond donors (Lipinski definition) is 0. The molecular weight excluding hydrogens is 258 g/mol. The van der Waals surface area contributed by atoms with Crippen LogP contribution < -0.4 is 0 Å². The first-order valence-electron chi connectivity index (χ1n) is 6.43. The normalized spacial score (nSPS) is 11.3. The van der Waals surface area contributed by atoms with E-state index in [1.165, 1.54) is 16.5 Å². The van der Waals surface area contributed by atoms with Crippen LogP contribution in [0, 0.1) is 0 Å². The van der Waals surface area contributed by atoms with Crippen LogP contribution in [0.5, 0.6) is 0 Å². The molecule has 2 heterocycles. The highest BCUT2D eigenvalue weighted by atomic mass is 35.5. The van der Waals surface area contributed by atoms with Gasteiger partial charge < -0.3 is 9.13 Å². The zero-order chi connectivity index (χ0) is 13.4. The largest absolute Gasteiger partial charge is 0.340 e. The summed E-state index contributed by atoms with van der Waals surface area (Å²) < 4.78 is 4.16. The summed E-state index contributed by atoms with van der Waals surface area (Å²) in [4.78, 5) is 4.36. The Hall–Kier alpha value is -1.74. The number of aryl methyl sites for hydroxylation is 1. The highest BCUT2D eigenvalue weighted by molar-refractivity contribution is 6.29. The molecule has 0 amide bonds. The molecule has 19 heavy (non-hydrogen) atoms. The third-order valence-electron chi connectivity index (χ3n) is 3.59. The van der Waals surface area contributed by atoms with Gasteiger partial charge in [0.1, 0.15) is 11.0 Å². The lowest BCUT2D eigenvalue weighted by atomic mass is 10.1. The number of imidazole rings is 1. The van der Waals surface area contributed by atoms with Gasteiger partial charge in [-0.3, -0.25) is 0 Å². The molecule has 0 atom stereocenters. The molecule has 0 aliphatic rings. The van der Waals surface area contributed by atoms with Crippen molar-refractivity contribution >= 4 is 22.5 Å². The molecule has 0 spiro atoms. The molecule has 0 fully saturated rings. The van der Waals surface area contributed by atoms with E-state index in [1.54, 1.807) is 6.20 Å². The minimum atomic E-state index is 0.669. The lowest BCUT2D eigenvalue weighted by Crippen LogP contribution is -2.06. The number of aromatic nitrogens is 3. The van der Waals surface area contributed by atoms with E-state index in [1.807, 2.05) is 11.6 Å². The predicted octanol–water partition coefficient (Wildman–Crippen LogP) is 3.64. The van der Waals surface area contributed by atoms with Crippen LogP contribution in [0.1, 0.15) is 18.3 Å².